The summed E-state index contributed by atoms with van der Waals surface area (Å²) in [6.07, 6.45) is 1.25. The van der Waals surface area contributed by atoms with Gasteiger partial charge in [-0.1, -0.05) is 6.92 Å². The molecule has 0 aliphatic carbocycles. The second-order valence-electron chi connectivity index (χ2n) is 8.67. The summed E-state index contributed by atoms with van der Waals surface area (Å²) in [5, 5.41) is 15.1. The van der Waals surface area contributed by atoms with E-state index in [9.17, 15) is 10.1 Å². The molecule has 34 heavy (non-hydrogen) atoms. The van der Waals surface area contributed by atoms with E-state index in [-0.39, 0.29) is 18.1 Å². The average Bonchev–Trinajstić information content (AvgIpc) is 2.85. The minimum atomic E-state index is -0.233. The molecule has 1 aromatic heterocycles. The topological polar surface area (TPSA) is 106 Å². The lowest BCUT2D eigenvalue weighted by Gasteiger charge is -2.40. The van der Waals surface area contributed by atoms with Crippen LogP contribution >= 0.6 is 0 Å². The van der Waals surface area contributed by atoms with Crippen LogP contribution in [0.3, 0.4) is 0 Å². The number of morpholine rings is 1. The molecule has 2 aliphatic heterocycles. The van der Waals surface area contributed by atoms with Gasteiger partial charge in [-0.2, -0.15) is 5.26 Å². The number of anilines is 2. The highest BCUT2D eigenvalue weighted by Crippen LogP contribution is 2.37. The lowest BCUT2D eigenvalue weighted by Crippen LogP contribution is -2.46. The summed E-state index contributed by atoms with van der Waals surface area (Å²) < 4.78 is 5.67. The summed E-state index contributed by atoms with van der Waals surface area (Å²) in [6, 6.07) is 9.86. The van der Waals surface area contributed by atoms with Gasteiger partial charge in [-0.25, -0.2) is 14.8 Å². The predicted octanol–water partition coefficient (Wildman–Crippen LogP) is 3.34. The number of carbonyl (C=O) groups excluding carboxylic acids is 1. The normalized spacial score (nSPS) is 20.4. The molecule has 1 aromatic carbocycles. The Balaban J connectivity index is 1.76. The molecule has 1 saturated heterocycles. The van der Waals surface area contributed by atoms with Crippen molar-refractivity contribution in [3.05, 3.63) is 35.5 Å². The average molecular weight is 464 g/mol. The number of nitrogens with one attached hydrogen (secondary N) is 2. The largest absolute Gasteiger partial charge is 0.377 e. The molecule has 4 rings (SSSR count). The third kappa shape index (κ3) is 4.98. The van der Waals surface area contributed by atoms with Gasteiger partial charge in [0.05, 0.1) is 43.5 Å². The van der Waals surface area contributed by atoms with Crippen molar-refractivity contribution in [3.63, 3.8) is 0 Å². The van der Waals surface area contributed by atoms with E-state index in [0.29, 0.717) is 37.7 Å². The highest BCUT2D eigenvalue weighted by molar-refractivity contribution is 5.89. The van der Waals surface area contributed by atoms with E-state index in [1.165, 1.54) is 0 Å². The van der Waals surface area contributed by atoms with Crippen molar-refractivity contribution in [3.8, 4) is 17.5 Å². The van der Waals surface area contributed by atoms with Crippen molar-refractivity contribution in [2.75, 3.05) is 49.6 Å². The Labute approximate surface area is 201 Å². The smallest absolute Gasteiger partial charge is 0.319 e. The number of hydrogen-bond acceptors (Lipinski definition) is 7. The number of likely N-dealkylation sites (N-methyl/N-ethyl adjacent to an activating group) is 1. The summed E-state index contributed by atoms with van der Waals surface area (Å²) in [5.41, 5.74) is 3.68. The molecule has 2 amide bonds. The van der Waals surface area contributed by atoms with Gasteiger partial charge in [0.15, 0.2) is 5.82 Å². The maximum Gasteiger partial charge on any atom is 0.319 e. The molecule has 9 heteroatoms. The third-order valence-electron chi connectivity index (χ3n) is 6.49. The first-order valence-electron chi connectivity index (χ1n) is 12.1. The number of ether oxygens (including phenoxy) is 1. The molecule has 0 spiro atoms. The van der Waals surface area contributed by atoms with Crippen LogP contribution in [0.2, 0.25) is 0 Å². The van der Waals surface area contributed by atoms with Crippen LogP contribution in [0, 0.1) is 11.3 Å². The number of nitriles is 1. The van der Waals surface area contributed by atoms with Crippen molar-refractivity contribution in [2.24, 2.45) is 0 Å². The quantitative estimate of drug-likeness (QED) is 0.677. The molecule has 0 unspecified atom stereocenters. The molecule has 1 fully saturated rings. The number of urea groups is 1. The van der Waals surface area contributed by atoms with Gasteiger partial charge in [-0.05, 0) is 51.1 Å². The van der Waals surface area contributed by atoms with E-state index in [4.69, 9.17) is 14.7 Å². The van der Waals surface area contributed by atoms with E-state index < -0.39 is 0 Å². The van der Waals surface area contributed by atoms with E-state index in [1.807, 2.05) is 31.2 Å². The third-order valence-corrected chi connectivity index (χ3v) is 6.49. The van der Waals surface area contributed by atoms with E-state index in [1.54, 1.807) is 0 Å². The Morgan fingerprint density at radius 2 is 2.03 bits per heavy atom. The Morgan fingerprint density at radius 3 is 2.71 bits per heavy atom. The van der Waals surface area contributed by atoms with Gasteiger partial charge in [0.1, 0.15) is 5.82 Å². The number of fused-ring (bicyclic) bond motifs is 1. The van der Waals surface area contributed by atoms with Crippen molar-refractivity contribution in [1.29, 1.82) is 5.26 Å². The summed E-state index contributed by atoms with van der Waals surface area (Å²) in [7, 11) is 0. The van der Waals surface area contributed by atoms with Crippen LogP contribution in [-0.4, -0.2) is 66.3 Å². The van der Waals surface area contributed by atoms with Crippen LogP contribution < -0.4 is 15.5 Å². The Bertz CT molecular complexity index is 1050. The van der Waals surface area contributed by atoms with Gasteiger partial charge in [0.25, 0.3) is 0 Å². The van der Waals surface area contributed by atoms with Crippen LogP contribution in [-0.2, 0) is 11.2 Å². The fourth-order valence-electron chi connectivity index (χ4n) is 4.73. The maximum atomic E-state index is 11.8. The molecule has 3 heterocycles. The number of rotatable bonds is 6. The predicted molar refractivity (Wildman–Crippen MR) is 132 cm³/mol. The van der Waals surface area contributed by atoms with E-state index in [0.717, 1.165) is 48.7 Å². The summed E-state index contributed by atoms with van der Waals surface area (Å²) in [6.45, 7) is 10.6. The molecule has 2 aliphatic rings. The standard InChI is InChI=1S/C25H33N7O2/c1-4-27-25(33)28-19-8-6-18(7-9-19)23-29-22-20(11-13-31(5-2)21(22)10-12-26)24(30-23)32-14-15-34-16-17(32)3/h6-9,17,21H,4-5,10-11,13-16H2,1-3H3,(H2,27,28,33)/t17-,21-/m0/s1. The van der Waals surface area contributed by atoms with Crippen molar-refractivity contribution >= 4 is 17.5 Å². The fourth-order valence-corrected chi connectivity index (χ4v) is 4.73. The van der Waals surface area contributed by atoms with Crippen LogP contribution in [0.25, 0.3) is 11.4 Å². The molecular formula is C25H33N7O2. The van der Waals surface area contributed by atoms with Gasteiger partial charge in [0.2, 0.25) is 0 Å². The fraction of sp³-hybridized carbons (Fsp3) is 0.520. The monoisotopic (exact) mass is 463 g/mol. The van der Waals surface area contributed by atoms with Crippen molar-refractivity contribution < 1.29 is 9.53 Å². The highest BCUT2D eigenvalue weighted by atomic mass is 16.5. The number of carbonyl (C=O) groups is 1. The minimum absolute atomic E-state index is 0.0470. The van der Waals surface area contributed by atoms with Crippen LogP contribution in [0.4, 0.5) is 16.3 Å². The van der Waals surface area contributed by atoms with Crippen molar-refractivity contribution in [2.45, 2.75) is 45.7 Å². The van der Waals surface area contributed by atoms with Crippen LogP contribution in [0.15, 0.2) is 24.3 Å². The molecule has 0 saturated carbocycles. The summed E-state index contributed by atoms with van der Waals surface area (Å²) >= 11 is 0. The summed E-state index contributed by atoms with van der Waals surface area (Å²) in [5.74, 6) is 1.59. The zero-order valence-corrected chi connectivity index (χ0v) is 20.2. The number of aromatic nitrogens is 2. The van der Waals surface area contributed by atoms with Crippen LogP contribution in [0.5, 0.6) is 0 Å². The lowest BCUT2D eigenvalue weighted by molar-refractivity contribution is 0.0982. The first-order valence-corrected chi connectivity index (χ1v) is 12.1. The zero-order chi connectivity index (χ0) is 24.1. The first kappa shape index (κ1) is 23.9. The van der Waals surface area contributed by atoms with Crippen LogP contribution in [0.1, 0.15) is 44.5 Å². The molecule has 2 atom stereocenters. The first-order chi connectivity index (χ1) is 16.5. The SMILES string of the molecule is CCNC(=O)Nc1ccc(-c2nc3c(c(N4CCOC[C@@H]4C)n2)CCN(CC)[C@H]3CC#N)cc1. The number of benzene rings is 1. The maximum absolute atomic E-state index is 11.8. The number of nitrogens with zero attached hydrogens (tertiary/aromatic N) is 5. The number of amides is 2. The second-order valence-corrected chi connectivity index (χ2v) is 8.67. The van der Waals surface area contributed by atoms with Gasteiger partial charge < -0.3 is 20.3 Å². The lowest BCUT2D eigenvalue weighted by atomic mass is 9.95. The molecule has 0 bridgehead atoms. The highest BCUT2D eigenvalue weighted by Gasteiger charge is 2.33. The second kappa shape index (κ2) is 10.8. The summed E-state index contributed by atoms with van der Waals surface area (Å²) in [4.78, 5) is 26.6. The van der Waals surface area contributed by atoms with E-state index in [2.05, 4.69) is 40.4 Å². The van der Waals surface area contributed by atoms with Gasteiger partial charge >= 0.3 is 6.03 Å². The van der Waals surface area contributed by atoms with E-state index >= 15 is 0 Å². The molecule has 9 nitrogen and oxygen atoms in total. The Kier molecular flexibility index (Phi) is 7.60. The van der Waals surface area contributed by atoms with Gasteiger partial charge in [0, 0.05) is 36.4 Å². The molecular weight excluding hydrogens is 430 g/mol. The van der Waals surface area contributed by atoms with Gasteiger partial charge in [-0.3, -0.25) is 4.90 Å². The van der Waals surface area contributed by atoms with Crippen molar-refractivity contribution in [1.82, 2.24) is 20.2 Å². The Morgan fingerprint density at radius 1 is 1.24 bits per heavy atom. The molecule has 180 valence electrons. The van der Waals surface area contributed by atoms with Gasteiger partial charge in [-0.15, -0.1) is 0 Å². The number of hydrogen-bond donors (Lipinski definition) is 2. The molecule has 2 N–H and O–H groups in total. The molecule has 2 aromatic rings. The molecule has 0 radical (unpaired) electrons. The Hall–Kier alpha value is -3.22. The minimum Gasteiger partial charge on any atom is -0.377 e. The zero-order valence-electron chi connectivity index (χ0n) is 20.2.